The number of aliphatic hydroxyl groups is 4. The maximum Gasteiger partial charge on any atom is 0.325 e. The molecule has 15 amide bonds. The predicted octanol–water partition coefficient (Wildman–Crippen LogP) is -13.8. The highest BCUT2D eigenvalue weighted by atomic mass is 16.4. The molecule has 0 spiro atoms. The zero-order valence-electron chi connectivity index (χ0n) is 65.5. The fraction of sp³-hybridized carbons (Fsp3) is 0.758. The van der Waals surface area contributed by atoms with Gasteiger partial charge in [0.05, 0.1) is 71.7 Å². The highest BCUT2D eigenvalue weighted by molar-refractivity contribution is 6.00. The molecule has 0 saturated heterocycles. The van der Waals surface area contributed by atoms with Gasteiger partial charge in [-0.2, -0.15) is 0 Å². The molecule has 112 heavy (non-hydrogen) atoms. The summed E-state index contributed by atoms with van der Waals surface area (Å²) in [6.07, 6.45) is -6.10. The molecule has 0 saturated carbocycles. The average molecular weight is 1610 g/mol. The molecule has 46 nitrogen and oxygen atoms in total. The van der Waals surface area contributed by atoms with Gasteiger partial charge < -0.3 is 150 Å². The van der Waals surface area contributed by atoms with Crippen LogP contribution in [0.5, 0.6) is 0 Å². The Bertz CT molecular complexity index is 3040. The van der Waals surface area contributed by atoms with Crippen molar-refractivity contribution in [2.45, 2.75) is 247 Å². The number of quaternary nitrogens is 1. The summed E-state index contributed by atoms with van der Waals surface area (Å²) in [5.74, 6) is -16.6. The van der Waals surface area contributed by atoms with Crippen LogP contribution in [0.3, 0.4) is 0 Å². The third kappa shape index (κ3) is 43.7. The molecule has 0 bridgehead atoms. The number of aliphatic carboxylic acids is 1. The topological polar surface area (TPSA) is 775 Å². The Morgan fingerprint density at radius 2 is 0.688 bits per heavy atom. The molecule has 16 atom stereocenters. The zero-order chi connectivity index (χ0) is 85.7. The molecule has 46 heteroatoms. The molecule has 0 aromatic rings. The summed E-state index contributed by atoms with van der Waals surface area (Å²) in [4.78, 5) is 214. The molecule has 37 N–H and O–H groups in total. The van der Waals surface area contributed by atoms with Crippen LogP contribution in [-0.2, 0) is 76.7 Å². The van der Waals surface area contributed by atoms with E-state index in [1.165, 1.54) is 20.8 Å². The van der Waals surface area contributed by atoms with E-state index >= 15 is 0 Å². The van der Waals surface area contributed by atoms with Crippen molar-refractivity contribution >= 4 is 94.6 Å². The van der Waals surface area contributed by atoms with E-state index < -0.39 is 237 Å². The summed E-state index contributed by atoms with van der Waals surface area (Å²) in [5, 5.41) is 90.4. The van der Waals surface area contributed by atoms with Crippen LogP contribution in [-0.4, -0.2) is 308 Å². The molecule has 0 aromatic heterocycles. The van der Waals surface area contributed by atoms with Gasteiger partial charge in [-0.15, -0.1) is 0 Å². The maximum absolute atomic E-state index is 14.4. The highest BCUT2D eigenvalue weighted by Crippen LogP contribution is 2.12. The first-order valence-corrected chi connectivity index (χ1v) is 37.1. The van der Waals surface area contributed by atoms with E-state index in [0.29, 0.717) is 36.7 Å². The number of carboxylic acid groups (broad SMARTS) is 1. The van der Waals surface area contributed by atoms with Gasteiger partial charge in [-0.1, -0.05) is 0 Å². The molecule has 0 aliphatic carbocycles. The molecule has 0 aliphatic heterocycles. The van der Waals surface area contributed by atoms with Crippen LogP contribution in [0.25, 0.3) is 0 Å². The minimum absolute atomic E-state index is 0.0177. The van der Waals surface area contributed by atoms with Crippen LogP contribution >= 0.6 is 0 Å². The van der Waals surface area contributed by atoms with E-state index in [1.54, 1.807) is 0 Å². The summed E-state index contributed by atoms with van der Waals surface area (Å²) < 4.78 is 0.507. The van der Waals surface area contributed by atoms with Crippen molar-refractivity contribution < 1.29 is 107 Å². The van der Waals surface area contributed by atoms with E-state index in [2.05, 4.69) is 85.1 Å². The van der Waals surface area contributed by atoms with E-state index in [0.717, 1.165) is 20.8 Å². The Hall–Kier alpha value is -9.04. The minimum Gasteiger partial charge on any atom is -0.480 e. The SMILES string of the molecule is C[C@H](N)C(=O)N[C@@H](CCCNC(N)N)C(=O)N[C@H](C(=O)N[C@@H](CCCC[N+](C)(C)C)C(=O)N[C@@H](CCC(N)=O)C(=O)N[C@H](C(=O)N[C@@H](C)C(=O)N[C@@H](CCCNC(N)N)C(=O)N[C@@H](CCCCN)C(=O)N[C@@H](CO)C(=O)N[C@H](C(=O)NCC(=O)NCC(=O)N[C@@H](CCCCN)C(=O)N[C@@H](C)C(=O)O)[C@@H](C)O)[C@@H](C)O)[C@@H](C)O. The Balaban J connectivity index is 6.78. The Labute approximate surface area is 651 Å². The fourth-order valence-corrected chi connectivity index (χ4v) is 10.3. The molecular weight excluding hydrogens is 1480 g/mol. The van der Waals surface area contributed by atoms with Crippen molar-refractivity contribution in [2.24, 2.45) is 45.9 Å². The molecule has 0 rings (SSSR count). The molecule has 0 radical (unpaired) electrons. The Morgan fingerprint density at radius 1 is 0.357 bits per heavy atom. The zero-order valence-corrected chi connectivity index (χ0v) is 65.5. The lowest BCUT2D eigenvalue weighted by Gasteiger charge is -2.29. The summed E-state index contributed by atoms with van der Waals surface area (Å²) >= 11 is 0. The number of nitrogens with one attached hydrogen (secondary N) is 16. The lowest BCUT2D eigenvalue weighted by atomic mass is 10.0. The van der Waals surface area contributed by atoms with Gasteiger partial charge in [0, 0.05) is 6.42 Å². The summed E-state index contributed by atoms with van der Waals surface area (Å²) in [6.45, 7) is 5.65. The van der Waals surface area contributed by atoms with Gasteiger partial charge in [0.15, 0.2) is 0 Å². The van der Waals surface area contributed by atoms with Crippen molar-refractivity contribution in [1.82, 2.24) is 85.1 Å². The van der Waals surface area contributed by atoms with E-state index in [4.69, 9.17) is 45.9 Å². The number of nitrogens with zero attached hydrogens (tertiary/aromatic N) is 1. The number of rotatable bonds is 59. The van der Waals surface area contributed by atoms with Gasteiger partial charge in [0.2, 0.25) is 88.6 Å². The average Bonchev–Trinajstić information content (AvgIpc) is 0.856. The van der Waals surface area contributed by atoms with Crippen molar-refractivity contribution in [1.29, 1.82) is 0 Å². The lowest BCUT2D eigenvalue weighted by molar-refractivity contribution is -0.870. The fourth-order valence-electron chi connectivity index (χ4n) is 10.3. The normalized spacial score (nSPS) is 15.7. The molecule has 642 valence electrons. The molecule has 0 unspecified atom stereocenters. The van der Waals surface area contributed by atoms with Gasteiger partial charge >= 0.3 is 5.97 Å². The molecule has 0 aromatic carbocycles. The summed E-state index contributed by atoms with van der Waals surface area (Å²) in [5.41, 5.74) is 44.9. The van der Waals surface area contributed by atoms with Crippen LogP contribution in [0.1, 0.15) is 138 Å². The first-order chi connectivity index (χ1) is 52.3. The second-order valence-corrected chi connectivity index (χ2v) is 28.3. The first kappa shape index (κ1) is 103. The minimum atomic E-state index is -1.93. The highest BCUT2D eigenvalue weighted by Gasteiger charge is 2.38. The lowest BCUT2D eigenvalue weighted by Crippen LogP contribution is -2.62. The van der Waals surface area contributed by atoms with E-state index in [-0.39, 0.29) is 84.0 Å². The largest absolute Gasteiger partial charge is 0.480 e. The standard InChI is InChI=1S/C66H127N25O21/c1-33(69)52(99)82-43(22-17-28-76-66(73)74)58(105)90-51(38(6)95)63(110)86-41(20-12-15-29-91(7,8)9)55(102)85-44(23-24-46(70)96)59(106)89-50(37(5)94)62(109)79-34(2)53(100)83-42(21-16-27-75-65(71)72)56(103)84-40(19-11-14-26-68)57(104)87-45(32-92)60(107)88-49(36(4)93)61(108)78-30-47(97)77-31-48(98)81-39(18-10-13-25-67)54(101)80-35(3)64(111)112/h33-45,49-51,65-66,75-76,92-95H,10-32,67-69,71-74H2,1-9H3,(H16-,70,77,78,79,80,81,82,83,84,85,86,87,88,89,90,96,97,98,99,100,101,102,103,104,105,106,107,108,109,110,111,112)/p+1/t33-,34-,35-,36+,37+,38+,39-,40-,41-,42-,43-,44-,45-,49-,50-,51-/m0/s1. The second kappa shape index (κ2) is 54.6. The van der Waals surface area contributed by atoms with Gasteiger partial charge in [0.25, 0.3) is 0 Å². The number of unbranched alkanes of at least 4 members (excludes halogenated alkanes) is 3. The van der Waals surface area contributed by atoms with Crippen LogP contribution in [0.4, 0.5) is 0 Å². The second-order valence-electron chi connectivity index (χ2n) is 28.3. The van der Waals surface area contributed by atoms with E-state index in [9.17, 15) is 102 Å². The third-order valence-electron chi connectivity index (χ3n) is 16.8. The number of amides is 15. The van der Waals surface area contributed by atoms with Gasteiger partial charge in [-0.05, 0) is 158 Å². The van der Waals surface area contributed by atoms with Crippen molar-refractivity contribution in [3.05, 3.63) is 0 Å². The quantitative estimate of drug-likeness (QED) is 0.0153. The number of carbonyl (C=O) groups is 16. The van der Waals surface area contributed by atoms with Crippen LogP contribution in [0.2, 0.25) is 0 Å². The number of primary amides is 1. The van der Waals surface area contributed by atoms with Crippen molar-refractivity contribution in [3.63, 3.8) is 0 Å². The van der Waals surface area contributed by atoms with Crippen LogP contribution in [0.15, 0.2) is 0 Å². The number of aliphatic hydroxyl groups excluding tert-OH is 4. The maximum atomic E-state index is 14.4. The smallest absolute Gasteiger partial charge is 0.325 e. The predicted molar refractivity (Wildman–Crippen MR) is 404 cm³/mol. The Kier molecular flexibility index (Phi) is 50.2. The van der Waals surface area contributed by atoms with Crippen molar-refractivity contribution in [2.75, 3.05) is 73.6 Å². The number of carbonyl (C=O) groups excluding carboxylic acids is 15. The Morgan fingerprint density at radius 3 is 1.08 bits per heavy atom. The van der Waals surface area contributed by atoms with Gasteiger partial charge in [0.1, 0.15) is 85.1 Å². The number of hydrogen-bond donors (Lipinski definition) is 29. The van der Waals surface area contributed by atoms with Gasteiger partial charge in [-0.25, -0.2) is 0 Å². The van der Waals surface area contributed by atoms with Crippen LogP contribution in [0, 0.1) is 0 Å². The summed E-state index contributed by atoms with van der Waals surface area (Å²) in [6, 6.07) is -20.2. The molecular formula is C66H128N25O21+. The number of nitrogens with two attached hydrogens (primary N) is 8. The monoisotopic (exact) mass is 1610 g/mol. The van der Waals surface area contributed by atoms with Gasteiger partial charge in [-0.3, -0.25) is 87.3 Å². The summed E-state index contributed by atoms with van der Waals surface area (Å²) in [7, 11) is 5.75. The number of carboxylic acids is 1. The van der Waals surface area contributed by atoms with Crippen molar-refractivity contribution in [3.8, 4) is 0 Å². The van der Waals surface area contributed by atoms with Crippen LogP contribution < -0.4 is 131 Å². The molecule has 0 heterocycles. The number of hydrogen-bond acceptors (Lipinski definition) is 29. The third-order valence-corrected chi connectivity index (χ3v) is 16.8. The molecule has 0 aliphatic rings. The van der Waals surface area contributed by atoms with E-state index in [1.807, 2.05) is 21.1 Å². The first-order valence-electron chi connectivity index (χ1n) is 37.1. The molecule has 0 fully saturated rings.